The highest BCUT2D eigenvalue weighted by Gasteiger charge is 2.60. The van der Waals surface area contributed by atoms with Gasteiger partial charge in [-0.3, -0.25) is 0 Å². The van der Waals surface area contributed by atoms with Crippen LogP contribution in [0.3, 0.4) is 0 Å². The van der Waals surface area contributed by atoms with Gasteiger partial charge in [0.2, 0.25) is 0 Å². The second-order valence-corrected chi connectivity index (χ2v) is 11.2. The van der Waals surface area contributed by atoms with Crippen molar-refractivity contribution in [3.8, 4) is 0 Å². The van der Waals surface area contributed by atoms with E-state index in [0.29, 0.717) is 5.41 Å². The zero-order valence-corrected chi connectivity index (χ0v) is 18.8. The summed E-state index contributed by atoms with van der Waals surface area (Å²) < 4.78 is 6.09. The maximum absolute atomic E-state index is 12.6. The minimum Gasteiger partial charge on any atom is -0.459 e. The van der Waals surface area contributed by atoms with Crippen LogP contribution in [0.5, 0.6) is 0 Å². The summed E-state index contributed by atoms with van der Waals surface area (Å²) in [5, 5.41) is 0. The Morgan fingerprint density at radius 2 is 1.70 bits per heavy atom. The van der Waals surface area contributed by atoms with Crippen LogP contribution in [0.2, 0.25) is 0 Å². The summed E-state index contributed by atoms with van der Waals surface area (Å²) in [6.45, 7) is 5.08. The smallest absolute Gasteiger partial charge is 0.331 e. The summed E-state index contributed by atoms with van der Waals surface area (Å²) in [6.07, 6.45) is 17.1. The van der Waals surface area contributed by atoms with Crippen molar-refractivity contribution in [2.75, 3.05) is 0 Å². The first-order chi connectivity index (χ1) is 14.5. The van der Waals surface area contributed by atoms with Crippen LogP contribution >= 0.6 is 0 Å². The second kappa shape index (κ2) is 7.84. The lowest BCUT2D eigenvalue weighted by atomic mass is 9.45. The Bertz CT molecular complexity index is 798. The van der Waals surface area contributed by atoms with E-state index in [4.69, 9.17) is 4.74 Å². The zero-order valence-electron chi connectivity index (χ0n) is 18.8. The van der Waals surface area contributed by atoms with Crippen molar-refractivity contribution in [2.45, 2.75) is 84.2 Å². The van der Waals surface area contributed by atoms with Crippen molar-refractivity contribution in [1.29, 1.82) is 0 Å². The first-order valence-electron chi connectivity index (χ1n) is 12.4. The number of fused-ring (bicyclic) bond motifs is 5. The van der Waals surface area contributed by atoms with Crippen LogP contribution in [-0.2, 0) is 9.53 Å². The molecule has 0 unspecified atom stereocenters. The Kier molecular flexibility index (Phi) is 5.32. The molecule has 0 spiro atoms. The minimum atomic E-state index is -0.171. The molecule has 0 aliphatic heterocycles. The summed E-state index contributed by atoms with van der Waals surface area (Å²) in [7, 11) is 0. The van der Waals surface area contributed by atoms with Crippen molar-refractivity contribution in [3.63, 3.8) is 0 Å². The molecule has 0 heterocycles. The Hall–Kier alpha value is -1.57. The number of ether oxygens (including phenoxy) is 1. The molecule has 0 bridgehead atoms. The van der Waals surface area contributed by atoms with Gasteiger partial charge in [-0.25, -0.2) is 4.79 Å². The van der Waals surface area contributed by atoms with Crippen molar-refractivity contribution in [3.05, 3.63) is 42.0 Å². The lowest BCUT2D eigenvalue weighted by Gasteiger charge is -2.60. The third-order valence-corrected chi connectivity index (χ3v) is 9.97. The van der Waals surface area contributed by atoms with Gasteiger partial charge >= 0.3 is 5.97 Å². The van der Waals surface area contributed by atoms with Gasteiger partial charge in [0, 0.05) is 11.5 Å². The third-order valence-electron chi connectivity index (χ3n) is 9.97. The topological polar surface area (TPSA) is 26.3 Å². The molecule has 1 aromatic rings. The van der Waals surface area contributed by atoms with E-state index in [9.17, 15) is 4.79 Å². The lowest BCUT2D eigenvalue weighted by Crippen LogP contribution is -2.53. The first-order valence-corrected chi connectivity index (χ1v) is 12.4. The number of carbonyl (C=O) groups excluding carboxylic acids is 1. The van der Waals surface area contributed by atoms with E-state index in [2.05, 4.69) is 13.8 Å². The normalized spacial score (nSPS) is 42.9. The number of rotatable bonds is 3. The molecule has 4 fully saturated rings. The van der Waals surface area contributed by atoms with Gasteiger partial charge in [-0.05, 0) is 92.1 Å². The SMILES string of the molecule is C[C@]12CCCC[C@@H]1CC[C@@H]1[C@@H]2CC[C@]2(C)[C@H](OC(=O)/C=C/c3ccccc3)CC[C@@H]12. The number of hydrogen-bond acceptors (Lipinski definition) is 2. The first kappa shape index (κ1) is 20.3. The molecular weight excluding hydrogens is 368 g/mol. The Morgan fingerprint density at radius 1 is 0.900 bits per heavy atom. The van der Waals surface area contributed by atoms with Crippen molar-refractivity contribution in [2.24, 2.45) is 34.5 Å². The van der Waals surface area contributed by atoms with Gasteiger partial charge in [0.05, 0.1) is 0 Å². The van der Waals surface area contributed by atoms with Gasteiger partial charge in [0.1, 0.15) is 6.10 Å². The zero-order chi connectivity index (χ0) is 20.8. The van der Waals surface area contributed by atoms with Crippen LogP contribution in [0.15, 0.2) is 36.4 Å². The highest BCUT2D eigenvalue weighted by atomic mass is 16.5. The molecule has 5 rings (SSSR count). The van der Waals surface area contributed by atoms with Gasteiger partial charge in [-0.15, -0.1) is 0 Å². The average molecular weight is 407 g/mol. The molecule has 4 aliphatic carbocycles. The molecule has 0 amide bonds. The van der Waals surface area contributed by atoms with E-state index in [1.807, 2.05) is 36.4 Å². The summed E-state index contributed by atoms with van der Waals surface area (Å²) in [5.74, 6) is 3.30. The molecule has 7 atom stereocenters. The quantitative estimate of drug-likeness (QED) is 0.397. The van der Waals surface area contributed by atoms with Gasteiger partial charge < -0.3 is 4.74 Å². The monoisotopic (exact) mass is 406 g/mol. The van der Waals surface area contributed by atoms with Crippen molar-refractivity contribution in [1.82, 2.24) is 0 Å². The maximum Gasteiger partial charge on any atom is 0.331 e. The summed E-state index contributed by atoms with van der Waals surface area (Å²) in [6, 6.07) is 10.0. The fourth-order valence-corrected chi connectivity index (χ4v) is 8.35. The number of carbonyl (C=O) groups is 1. The molecule has 0 aromatic heterocycles. The molecule has 2 nitrogen and oxygen atoms in total. The van der Waals surface area contributed by atoms with Gasteiger partial charge in [-0.2, -0.15) is 0 Å². The predicted octanol–water partition coefficient (Wildman–Crippen LogP) is 7.04. The van der Waals surface area contributed by atoms with E-state index >= 15 is 0 Å². The van der Waals surface area contributed by atoms with E-state index in [-0.39, 0.29) is 17.5 Å². The molecule has 0 N–H and O–H groups in total. The molecule has 2 heteroatoms. The van der Waals surface area contributed by atoms with Crippen LogP contribution in [0, 0.1) is 34.5 Å². The molecule has 1 aromatic carbocycles. The summed E-state index contributed by atoms with van der Waals surface area (Å²) >= 11 is 0. The van der Waals surface area contributed by atoms with Crippen LogP contribution in [-0.4, -0.2) is 12.1 Å². The van der Waals surface area contributed by atoms with Crippen LogP contribution < -0.4 is 0 Å². The van der Waals surface area contributed by atoms with Crippen LogP contribution in [0.4, 0.5) is 0 Å². The summed E-state index contributed by atoms with van der Waals surface area (Å²) in [4.78, 5) is 12.6. The van der Waals surface area contributed by atoms with E-state index < -0.39 is 0 Å². The number of esters is 1. The highest BCUT2D eigenvalue weighted by molar-refractivity contribution is 5.87. The molecule has 4 aliphatic rings. The standard InChI is InChI=1S/C28H38O2/c1-27-18-7-6-10-21(27)12-13-22-23-14-15-25(28(23,2)19-17-24(22)27)30-26(29)16-11-20-8-4-3-5-9-20/h3-5,8-9,11,16,21-25H,6-7,10,12-15,17-19H2,1-2H3/b16-11+/t21-,22+,23+,24+,25-,27+,28+/m1/s1. The Morgan fingerprint density at radius 3 is 2.53 bits per heavy atom. The van der Waals surface area contributed by atoms with E-state index in [1.165, 1.54) is 57.8 Å². The van der Waals surface area contributed by atoms with Crippen LogP contribution in [0.1, 0.15) is 83.6 Å². The van der Waals surface area contributed by atoms with Gasteiger partial charge in [0.25, 0.3) is 0 Å². The molecular formula is C28H38O2. The van der Waals surface area contributed by atoms with Gasteiger partial charge in [0.15, 0.2) is 0 Å². The largest absolute Gasteiger partial charge is 0.459 e. The number of hydrogen-bond donors (Lipinski definition) is 0. The maximum atomic E-state index is 12.6. The van der Waals surface area contributed by atoms with Gasteiger partial charge in [-0.1, -0.05) is 57.0 Å². The average Bonchev–Trinajstić information content (AvgIpc) is 3.09. The molecule has 0 radical (unpaired) electrons. The van der Waals surface area contributed by atoms with E-state index in [0.717, 1.165) is 35.7 Å². The minimum absolute atomic E-state index is 0.0910. The second-order valence-electron chi connectivity index (χ2n) is 11.2. The lowest BCUT2D eigenvalue weighted by molar-refractivity contribution is -0.158. The Labute approximate surface area is 182 Å². The molecule has 4 saturated carbocycles. The molecule has 0 saturated heterocycles. The number of benzene rings is 1. The third kappa shape index (κ3) is 3.35. The summed E-state index contributed by atoms with van der Waals surface area (Å²) in [5.41, 5.74) is 1.80. The molecule has 162 valence electrons. The van der Waals surface area contributed by atoms with Crippen molar-refractivity contribution >= 4 is 12.0 Å². The van der Waals surface area contributed by atoms with Crippen LogP contribution in [0.25, 0.3) is 6.08 Å². The fourth-order valence-electron chi connectivity index (χ4n) is 8.35. The highest BCUT2D eigenvalue weighted by Crippen LogP contribution is 2.66. The molecule has 30 heavy (non-hydrogen) atoms. The van der Waals surface area contributed by atoms with E-state index in [1.54, 1.807) is 6.08 Å². The fraction of sp³-hybridized carbons (Fsp3) is 0.679. The van der Waals surface area contributed by atoms with Crippen molar-refractivity contribution < 1.29 is 9.53 Å². The predicted molar refractivity (Wildman–Crippen MR) is 122 cm³/mol. The Balaban J connectivity index is 1.28.